The molecule has 9 heteroatoms. The van der Waals surface area contributed by atoms with Crippen LogP contribution in [0.25, 0.3) is 32.6 Å². The van der Waals surface area contributed by atoms with Crippen molar-refractivity contribution in [3.63, 3.8) is 0 Å². The number of aryl methyl sites for hydroxylation is 1. The van der Waals surface area contributed by atoms with Crippen LogP contribution in [0.2, 0.25) is 0 Å². The largest absolute Gasteiger partial charge is 0.481 e. The van der Waals surface area contributed by atoms with Crippen molar-refractivity contribution in [3.8, 4) is 16.5 Å². The lowest BCUT2D eigenvalue weighted by atomic mass is 9.93. The zero-order valence-corrected chi connectivity index (χ0v) is 26.4. The van der Waals surface area contributed by atoms with Crippen LogP contribution >= 0.6 is 11.3 Å². The molecule has 0 aliphatic heterocycles. The number of carboxylic acid groups (broad SMARTS) is 1. The fourth-order valence-corrected chi connectivity index (χ4v) is 6.20. The van der Waals surface area contributed by atoms with Crippen LogP contribution in [0.1, 0.15) is 70.7 Å². The van der Waals surface area contributed by atoms with Crippen molar-refractivity contribution in [1.82, 2.24) is 14.9 Å². The maximum atomic E-state index is 12.3. The molecule has 0 aliphatic carbocycles. The van der Waals surface area contributed by atoms with E-state index < -0.39 is 11.6 Å². The number of hydrogen-bond donors (Lipinski definition) is 2. The third kappa shape index (κ3) is 6.77. The fourth-order valence-electron chi connectivity index (χ4n) is 5.20. The number of amides is 1. The number of carboxylic acids is 1. The number of rotatable bonds is 11. The quantitative estimate of drug-likeness (QED) is 0.151. The molecule has 1 amide bonds. The second-order valence-electron chi connectivity index (χ2n) is 12.5. The molecule has 0 atom stereocenters. The maximum Gasteiger partial charge on any atom is 0.303 e. The highest BCUT2D eigenvalue weighted by molar-refractivity contribution is 7.13. The summed E-state index contributed by atoms with van der Waals surface area (Å²) in [7, 11) is 1.59. The van der Waals surface area contributed by atoms with E-state index in [-0.39, 0.29) is 17.7 Å². The van der Waals surface area contributed by atoms with E-state index in [1.165, 1.54) is 0 Å². The van der Waals surface area contributed by atoms with Gasteiger partial charge in [0.1, 0.15) is 11.3 Å². The minimum Gasteiger partial charge on any atom is -0.481 e. The summed E-state index contributed by atoms with van der Waals surface area (Å²) in [6.07, 6.45) is 4.41. The smallest absolute Gasteiger partial charge is 0.303 e. The number of aliphatic carboxylic acids is 1. The molecule has 5 aromatic rings. The average Bonchev–Trinajstić information content (AvgIpc) is 3.67. The van der Waals surface area contributed by atoms with Crippen LogP contribution in [0.3, 0.4) is 0 Å². The van der Waals surface area contributed by atoms with Gasteiger partial charge in [-0.15, -0.1) is 11.3 Å². The second-order valence-corrected chi connectivity index (χ2v) is 13.4. The minimum absolute atomic E-state index is 0.0180. The Morgan fingerprint density at radius 2 is 1.86 bits per heavy atom. The predicted octanol–water partition coefficient (Wildman–Crippen LogP) is 7.56. The molecule has 0 saturated heterocycles. The molecule has 226 valence electrons. The summed E-state index contributed by atoms with van der Waals surface area (Å²) in [6, 6.07) is 14.2. The number of carbonyl (C=O) groups is 2. The zero-order chi connectivity index (χ0) is 30.9. The van der Waals surface area contributed by atoms with E-state index in [0.29, 0.717) is 18.7 Å². The van der Waals surface area contributed by atoms with Crippen LogP contribution in [0.15, 0.2) is 58.5 Å². The second kappa shape index (κ2) is 11.9. The molecule has 5 rings (SSSR count). The number of carbonyl (C=O) groups excluding carboxylic acids is 1. The molecule has 0 radical (unpaired) electrons. The van der Waals surface area contributed by atoms with Gasteiger partial charge in [0, 0.05) is 53.3 Å². The number of benzene rings is 2. The topological polar surface area (TPSA) is 107 Å². The lowest BCUT2D eigenvalue weighted by Gasteiger charge is -2.24. The molecule has 3 aromatic heterocycles. The predicted molar refractivity (Wildman–Crippen MR) is 171 cm³/mol. The van der Waals surface area contributed by atoms with Gasteiger partial charge in [-0.05, 0) is 80.6 Å². The Bertz CT molecular complexity index is 1790. The number of likely N-dealkylation sites (N-methyl/N-ethyl adjacent to an activating group) is 1. The highest BCUT2D eigenvalue weighted by Gasteiger charge is 2.29. The third-order valence-electron chi connectivity index (χ3n) is 7.59. The normalized spacial score (nSPS) is 12.2. The molecule has 43 heavy (non-hydrogen) atoms. The first-order valence-corrected chi connectivity index (χ1v) is 15.5. The molecule has 0 aliphatic rings. The van der Waals surface area contributed by atoms with Gasteiger partial charge in [0.25, 0.3) is 5.91 Å². The van der Waals surface area contributed by atoms with Crippen molar-refractivity contribution >= 4 is 45.1 Å². The first-order chi connectivity index (χ1) is 20.3. The monoisotopic (exact) mass is 601 g/mol. The number of furan rings is 1. The number of nitrogens with zero attached hydrogens (tertiary/aromatic N) is 2. The van der Waals surface area contributed by atoms with E-state index in [4.69, 9.17) is 19.2 Å². The average molecular weight is 602 g/mol. The zero-order valence-electron chi connectivity index (χ0n) is 25.6. The highest BCUT2D eigenvalue weighted by Crippen LogP contribution is 2.34. The first kappa shape index (κ1) is 30.4. The molecule has 0 saturated carbocycles. The molecule has 2 N–H and O–H groups in total. The lowest BCUT2D eigenvalue weighted by Crippen LogP contribution is -2.45. The van der Waals surface area contributed by atoms with Crippen molar-refractivity contribution in [2.45, 2.75) is 77.9 Å². The standard InChI is InChI=1S/C34H39N3O5S/c1-33(2,3)29-20-43-31(36-29)28-16-23-15-21(11-14-27(23)41-28)18-37-19-22(9-7-8-10-30(38)39)25-17-24(12-13-26(25)37)42-34(4,5)32(40)35-6/h11-17,19-20H,7-10,18H2,1-6H3,(H,35,40)(H,38,39). The number of aromatic nitrogens is 2. The molecule has 3 heterocycles. The number of thiazole rings is 1. The van der Waals surface area contributed by atoms with Crippen LogP contribution in [-0.2, 0) is 28.0 Å². The van der Waals surface area contributed by atoms with E-state index in [2.05, 4.69) is 60.4 Å². The summed E-state index contributed by atoms with van der Waals surface area (Å²) in [5.74, 6) is 0.392. The van der Waals surface area contributed by atoms with Crippen LogP contribution in [0.5, 0.6) is 5.75 Å². The van der Waals surface area contributed by atoms with Gasteiger partial charge in [-0.25, -0.2) is 4.98 Å². The summed E-state index contributed by atoms with van der Waals surface area (Å²) in [4.78, 5) is 28.2. The Morgan fingerprint density at radius 3 is 2.56 bits per heavy atom. The fraction of sp³-hybridized carbons (Fsp3) is 0.382. The van der Waals surface area contributed by atoms with Crippen LogP contribution in [0.4, 0.5) is 0 Å². The van der Waals surface area contributed by atoms with Crippen molar-refractivity contribution in [2.24, 2.45) is 0 Å². The van der Waals surface area contributed by atoms with Gasteiger partial charge >= 0.3 is 5.97 Å². The molecule has 0 bridgehead atoms. The van der Waals surface area contributed by atoms with E-state index in [1.54, 1.807) is 32.2 Å². The molecule has 0 spiro atoms. The van der Waals surface area contributed by atoms with E-state index in [0.717, 1.165) is 62.3 Å². The van der Waals surface area contributed by atoms with Crippen LogP contribution in [-0.4, -0.2) is 39.2 Å². The molecule has 2 aromatic carbocycles. The molecular weight excluding hydrogens is 562 g/mol. The SMILES string of the molecule is CNC(=O)C(C)(C)Oc1ccc2c(c1)c(CCCCC(=O)O)cn2Cc1ccc2oc(-c3nc(C(C)(C)C)cs3)cc2c1. The van der Waals surface area contributed by atoms with Crippen molar-refractivity contribution < 1.29 is 23.8 Å². The number of fused-ring (bicyclic) bond motifs is 2. The Morgan fingerprint density at radius 1 is 1.07 bits per heavy atom. The van der Waals surface area contributed by atoms with Crippen LogP contribution in [0, 0.1) is 0 Å². The Kier molecular flexibility index (Phi) is 8.38. The molecule has 8 nitrogen and oxygen atoms in total. The summed E-state index contributed by atoms with van der Waals surface area (Å²) in [5, 5.41) is 16.8. The van der Waals surface area contributed by atoms with Gasteiger partial charge in [0.05, 0.1) is 5.69 Å². The Hall–Kier alpha value is -4.11. The molecular formula is C34H39N3O5S. The summed E-state index contributed by atoms with van der Waals surface area (Å²) < 4.78 is 14.5. The number of unbranched alkanes of at least 4 members (excludes halogenated alkanes) is 1. The Labute approximate surface area is 255 Å². The molecule has 0 fully saturated rings. The summed E-state index contributed by atoms with van der Waals surface area (Å²) in [6.45, 7) is 10.6. The van der Waals surface area contributed by atoms with Gasteiger partial charge in [0.2, 0.25) is 0 Å². The lowest BCUT2D eigenvalue weighted by molar-refractivity contribution is -0.137. The van der Waals surface area contributed by atoms with Gasteiger partial charge < -0.3 is 24.1 Å². The van der Waals surface area contributed by atoms with Crippen molar-refractivity contribution in [2.75, 3.05) is 7.05 Å². The minimum atomic E-state index is -1.03. The van der Waals surface area contributed by atoms with Crippen molar-refractivity contribution in [3.05, 3.63) is 70.9 Å². The Balaban J connectivity index is 1.44. The third-order valence-corrected chi connectivity index (χ3v) is 8.44. The van der Waals surface area contributed by atoms with Gasteiger partial charge in [-0.1, -0.05) is 26.8 Å². The number of nitrogens with one attached hydrogen (secondary N) is 1. The maximum absolute atomic E-state index is 12.3. The van der Waals surface area contributed by atoms with E-state index >= 15 is 0 Å². The number of ether oxygens (including phenoxy) is 1. The summed E-state index contributed by atoms with van der Waals surface area (Å²) >= 11 is 1.60. The van der Waals surface area contributed by atoms with E-state index in [9.17, 15) is 9.59 Å². The van der Waals surface area contributed by atoms with Gasteiger partial charge in [-0.2, -0.15) is 0 Å². The number of hydrogen-bond acceptors (Lipinski definition) is 6. The summed E-state index contributed by atoms with van der Waals surface area (Å²) in [5.41, 5.74) is 4.12. The van der Waals surface area contributed by atoms with E-state index in [1.807, 2.05) is 24.3 Å². The highest BCUT2D eigenvalue weighted by atomic mass is 32.1. The first-order valence-electron chi connectivity index (χ1n) is 14.6. The molecule has 0 unspecified atom stereocenters. The van der Waals surface area contributed by atoms with Crippen molar-refractivity contribution in [1.29, 1.82) is 0 Å². The van der Waals surface area contributed by atoms with Gasteiger partial charge in [-0.3, -0.25) is 9.59 Å². The van der Waals surface area contributed by atoms with Crippen LogP contribution < -0.4 is 10.1 Å². The van der Waals surface area contributed by atoms with Gasteiger partial charge in [0.15, 0.2) is 16.4 Å².